The molecule has 0 unspecified atom stereocenters. The van der Waals surface area contributed by atoms with E-state index in [1.54, 1.807) is 10.6 Å². The van der Waals surface area contributed by atoms with E-state index in [0.717, 1.165) is 0 Å². The summed E-state index contributed by atoms with van der Waals surface area (Å²) in [6, 6.07) is 27.0. The van der Waals surface area contributed by atoms with Gasteiger partial charge in [-0.1, -0.05) is 111 Å². The summed E-state index contributed by atoms with van der Waals surface area (Å²) in [5.41, 5.74) is 0. The Morgan fingerprint density at radius 2 is 0.718 bits per heavy atom. The van der Waals surface area contributed by atoms with Crippen LogP contribution in [0.2, 0.25) is 0 Å². The van der Waals surface area contributed by atoms with E-state index in [2.05, 4.69) is 156 Å². The molecule has 0 aliphatic rings. The van der Waals surface area contributed by atoms with Crippen molar-refractivity contribution in [1.82, 2.24) is 0 Å². The molecule has 0 aliphatic carbocycles. The fraction of sp³-hybridized carbons (Fsp3) is 0.471. The first-order valence-electron chi connectivity index (χ1n) is 13.3. The standard InChI is InChI=1S/2C17H24P.2FH.Ti/c2*1-16(2,3)18(17(4,5)6)15-11-13-9-7-8-10-14(13)12-15;;;/h2*7-12H,1-6H3;2*1H;/q2*-1;;;+4/p-2. The predicted octanol–water partition coefficient (Wildman–Crippen LogP) is 4.53. The molecule has 0 aliphatic heterocycles. The van der Waals surface area contributed by atoms with E-state index in [9.17, 15) is 0 Å². The van der Waals surface area contributed by atoms with E-state index in [0.29, 0.717) is 20.6 Å². The van der Waals surface area contributed by atoms with E-state index in [1.807, 2.05) is 0 Å². The van der Waals surface area contributed by atoms with Crippen LogP contribution in [-0.2, 0) is 21.7 Å². The normalized spacial score (nSPS) is 12.5. The summed E-state index contributed by atoms with van der Waals surface area (Å²) in [6.45, 7) is 28.5. The Morgan fingerprint density at radius 1 is 0.462 bits per heavy atom. The zero-order valence-corrected chi connectivity index (χ0v) is 29.4. The van der Waals surface area contributed by atoms with Crippen molar-refractivity contribution in [1.29, 1.82) is 0 Å². The van der Waals surface area contributed by atoms with Crippen LogP contribution in [0.15, 0.2) is 72.8 Å². The topological polar surface area (TPSA) is 0 Å². The molecule has 4 aromatic rings. The summed E-state index contributed by atoms with van der Waals surface area (Å²) in [6.07, 6.45) is 0. The van der Waals surface area contributed by atoms with Crippen LogP contribution in [0.3, 0.4) is 0 Å². The minimum Gasteiger partial charge on any atom is -1.00 e. The molecule has 4 rings (SSSR count). The molecule has 0 N–H and O–H groups in total. The van der Waals surface area contributed by atoms with Crippen LogP contribution in [0.25, 0.3) is 21.5 Å². The van der Waals surface area contributed by atoms with Gasteiger partial charge in [0.15, 0.2) is 0 Å². The molecule has 39 heavy (non-hydrogen) atoms. The zero-order valence-electron chi connectivity index (χ0n) is 26.1. The van der Waals surface area contributed by atoms with Gasteiger partial charge in [0.1, 0.15) is 0 Å². The van der Waals surface area contributed by atoms with Crippen LogP contribution in [0.5, 0.6) is 0 Å². The Bertz CT molecular complexity index is 1090. The van der Waals surface area contributed by atoms with E-state index < -0.39 is 0 Å². The van der Waals surface area contributed by atoms with Crippen molar-refractivity contribution in [2.75, 3.05) is 0 Å². The molecule has 0 saturated carbocycles. The smallest absolute Gasteiger partial charge is 1.00 e. The Hall–Kier alpha value is -0.906. The maximum atomic E-state index is 2.40. The molecule has 0 amide bonds. The van der Waals surface area contributed by atoms with Crippen molar-refractivity contribution < 1.29 is 31.1 Å². The average Bonchev–Trinajstić information content (AvgIpc) is 3.26. The van der Waals surface area contributed by atoms with Gasteiger partial charge < -0.3 is 9.41 Å². The Morgan fingerprint density at radius 3 is 0.949 bits per heavy atom. The number of halogens is 2. The minimum atomic E-state index is -0.185. The summed E-state index contributed by atoms with van der Waals surface area (Å²) in [7, 11) is -0.369. The number of hydrogen-bond acceptors (Lipinski definition) is 0. The molecule has 0 bridgehead atoms. The van der Waals surface area contributed by atoms with Crippen LogP contribution < -0.4 is 20.0 Å². The summed E-state index contributed by atoms with van der Waals surface area (Å²) in [5, 5.41) is 10.0. The number of rotatable bonds is 2. The fourth-order valence-corrected chi connectivity index (χ4v) is 14.3. The van der Waals surface area contributed by atoms with Crippen molar-refractivity contribution in [3.63, 3.8) is 0 Å². The third-order valence-corrected chi connectivity index (χ3v) is 13.3. The first-order chi connectivity index (χ1) is 16.4. The van der Waals surface area contributed by atoms with Gasteiger partial charge in [0.05, 0.1) is 0 Å². The quantitative estimate of drug-likeness (QED) is 0.179. The van der Waals surface area contributed by atoms with E-state index in [4.69, 9.17) is 0 Å². The number of hydrogen-bond donors (Lipinski definition) is 0. The van der Waals surface area contributed by atoms with Gasteiger partial charge in [-0.05, 0) is 20.6 Å². The number of fused-ring (bicyclic) bond motifs is 2. The van der Waals surface area contributed by atoms with Crippen molar-refractivity contribution >= 4 is 48.0 Å². The molecule has 0 radical (unpaired) electrons. The molecule has 0 heterocycles. The Labute approximate surface area is 254 Å². The van der Waals surface area contributed by atoms with Crippen molar-refractivity contribution in [2.24, 2.45) is 0 Å². The van der Waals surface area contributed by atoms with E-state index >= 15 is 0 Å². The van der Waals surface area contributed by atoms with Gasteiger partial charge in [0.25, 0.3) is 0 Å². The molecule has 0 nitrogen and oxygen atoms in total. The Kier molecular flexibility index (Phi) is 13.5. The fourth-order valence-electron chi connectivity index (χ4n) is 6.09. The van der Waals surface area contributed by atoms with Crippen LogP contribution in [-0.4, -0.2) is 20.6 Å². The molecule has 4 aromatic carbocycles. The SMILES string of the molecule is CC(C)(C)P(c1cc2ccccc2[cH-]1)C(C)(C)C.CC(C)(C)P(c1cc2ccccc2[cH-]1)C(C)(C)C.[F-].[F-].[Ti+4]. The van der Waals surface area contributed by atoms with Crippen LogP contribution in [0.4, 0.5) is 0 Å². The second-order valence-corrected chi connectivity index (χ2v) is 21.8. The third-order valence-electron chi connectivity index (χ3n) is 6.41. The molecule has 212 valence electrons. The number of benzene rings is 2. The summed E-state index contributed by atoms with van der Waals surface area (Å²) in [5.74, 6) is 0. The maximum Gasteiger partial charge on any atom is 4.00 e. The second kappa shape index (κ2) is 13.8. The third kappa shape index (κ3) is 9.57. The van der Waals surface area contributed by atoms with Gasteiger partial charge in [-0.3, -0.25) is 0 Å². The van der Waals surface area contributed by atoms with Crippen molar-refractivity contribution in [2.45, 2.75) is 104 Å². The van der Waals surface area contributed by atoms with Gasteiger partial charge >= 0.3 is 21.7 Å². The van der Waals surface area contributed by atoms with E-state index in [1.165, 1.54) is 21.5 Å². The van der Waals surface area contributed by atoms with Gasteiger partial charge in [0, 0.05) is 0 Å². The Balaban J connectivity index is 0.000000688. The molecule has 0 fully saturated rings. The average molecular weight is 605 g/mol. The van der Waals surface area contributed by atoms with Crippen LogP contribution >= 0.6 is 15.8 Å². The molecule has 0 saturated heterocycles. The molecular weight excluding hydrogens is 556 g/mol. The van der Waals surface area contributed by atoms with Crippen molar-refractivity contribution in [3.05, 3.63) is 72.8 Å². The monoisotopic (exact) mass is 604 g/mol. The summed E-state index contributed by atoms with van der Waals surface area (Å²) in [4.78, 5) is 0. The van der Waals surface area contributed by atoms with E-state index in [-0.39, 0.29) is 47.0 Å². The van der Waals surface area contributed by atoms with Gasteiger partial charge in [-0.15, -0.1) is 80.7 Å². The zero-order chi connectivity index (χ0) is 27.1. The van der Waals surface area contributed by atoms with Crippen molar-refractivity contribution in [3.8, 4) is 0 Å². The molecule has 0 aromatic heterocycles. The van der Waals surface area contributed by atoms with Gasteiger partial charge in [0.2, 0.25) is 0 Å². The summed E-state index contributed by atoms with van der Waals surface area (Å²) >= 11 is 0. The molecule has 0 atom stereocenters. The summed E-state index contributed by atoms with van der Waals surface area (Å²) < 4.78 is 0. The largest absolute Gasteiger partial charge is 4.00 e. The maximum absolute atomic E-state index is 2.40. The first-order valence-corrected chi connectivity index (χ1v) is 16.0. The molecular formula is C34H48F2P2Ti. The second-order valence-electron chi connectivity index (χ2n) is 14.0. The van der Waals surface area contributed by atoms with Gasteiger partial charge in [-0.25, -0.2) is 0 Å². The van der Waals surface area contributed by atoms with Crippen LogP contribution in [0, 0.1) is 0 Å². The molecule has 5 heteroatoms. The molecule has 0 spiro atoms. The van der Waals surface area contributed by atoms with Gasteiger partial charge in [-0.2, -0.15) is 12.1 Å². The minimum absolute atomic E-state index is 0. The predicted molar refractivity (Wildman–Crippen MR) is 171 cm³/mol. The van der Waals surface area contributed by atoms with Crippen LogP contribution in [0.1, 0.15) is 83.1 Å². The first kappa shape index (κ1) is 38.1.